The van der Waals surface area contributed by atoms with Gasteiger partial charge >= 0.3 is 0 Å². The van der Waals surface area contributed by atoms with E-state index in [0.717, 1.165) is 12.0 Å². The molecule has 0 unspecified atom stereocenters. The summed E-state index contributed by atoms with van der Waals surface area (Å²) in [6, 6.07) is 0.804. The number of likely N-dealkylation sites (N-methyl/N-ethyl adjacent to an activating group) is 1. The third-order valence-corrected chi connectivity index (χ3v) is 4.27. The molecule has 0 aliphatic heterocycles. The van der Waals surface area contributed by atoms with Crippen LogP contribution in [0.25, 0.3) is 0 Å². The van der Waals surface area contributed by atoms with Gasteiger partial charge in [0.25, 0.3) is 0 Å². The van der Waals surface area contributed by atoms with Crippen LogP contribution in [0.3, 0.4) is 0 Å². The average Bonchev–Trinajstić information content (AvgIpc) is 2.38. The van der Waals surface area contributed by atoms with Gasteiger partial charge in [0.05, 0.1) is 0 Å². The topological polar surface area (TPSA) is 15.3 Å². The molecule has 0 amide bonds. The molecule has 0 aromatic heterocycles. The number of hydrogen-bond donors (Lipinski definition) is 1. The zero-order valence-corrected chi connectivity index (χ0v) is 12.2. The second-order valence-electron chi connectivity index (χ2n) is 5.51. The minimum Gasteiger partial charge on any atom is -0.313 e. The van der Waals surface area contributed by atoms with Crippen LogP contribution in [0.4, 0.5) is 0 Å². The van der Waals surface area contributed by atoms with Crippen molar-refractivity contribution in [2.24, 2.45) is 5.92 Å². The van der Waals surface area contributed by atoms with Crippen molar-refractivity contribution in [2.45, 2.75) is 65.3 Å². The van der Waals surface area contributed by atoms with E-state index in [1.807, 2.05) is 0 Å². The molecule has 17 heavy (non-hydrogen) atoms. The third kappa shape index (κ3) is 5.87. The molecule has 1 aliphatic rings. The van der Waals surface area contributed by atoms with Crippen molar-refractivity contribution in [3.63, 3.8) is 0 Å². The Morgan fingerprint density at radius 1 is 1.00 bits per heavy atom. The smallest absolute Gasteiger partial charge is 0.0107 e. The summed E-state index contributed by atoms with van der Waals surface area (Å²) in [4.78, 5) is 2.55. The second-order valence-corrected chi connectivity index (χ2v) is 5.51. The SMILES string of the molecule is CCCN(CC)CCNC1CCC(CC)CC1. The molecule has 0 spiro atoms. The molecule has 102 valence electrons. The van der Waals surface area contributed by atoms with E-state index in [9.17, 15) is 0 Å². The van der Waals surface area contributed by atoms with Gasteiger partial charge in [-0.1, -0.05) is 27.2 Å². The van der Waals surface area contributed by atoms with E-state index in [0.29, 0.717) is 0 Å². The van der Waals surface area contributed by atoms with Crippen LogP contribution in [0.15, 0.2) is 0 Å². The van der Waals surface area contributed by atoms with Crippen molar-refractivity contribution in [3.05, 3.63) is 0 Å². The summed E-state index contributed by atoms with van der Waals surface area (Å²) in [5.41, 5.74) is 0. The zero-order valence-electron chi connectivity index (χ0n) is 12.2. The molecule has 1 N–H and O–H groups in total. The minimum absolute atomic E-state index is 0.804. The van der Waals surface area contributed by atoms with Gasteiger partial charge in [0, 0.05) is 19.1 Å². The van der Waals surface area contributed by atoms with E-state index in [1.165, 1.54) is 64.7 Å². The number of rotatable bonds is 8. The van der Waals surface area contributed by atoms with Gasteiger partial charge in [0.2, 0.25) is 0 Å². The predicted octanol–water partition coefficient (Wildman–Crippen LogP) is 3.28. The Kier molecular flexibility index (Phi) is 7.87. The maximum Gasteiger partial charge on any atom is 0.0107 e. The van der Waals surface area contributed by atoms with E-state index in [4.69, 9.17) is 0 Å². The van der Waals surface area contributed by atoms with Crippen LogP contribution < -0.4 is 5.32 Å². The molecule has 0 bridgehead atoms. The van der Waals surface area contributed by atoms with Crippen molar-refractivity contribution in [3.8, 4) is 0 Å². The molecule has 1 aliphatic carbocycles. The molecule has 0 heterocycles. The maximum absolute atomic E-state index is 3.75. The molecule has 0 atom stereocenters. The lowest BCUT2D eigenvalue weighted by Crippen LogP contribution is -2.39. The molecule has 0 radical (unpaired) electrons. The fourth-order valence-corrected chi connectivity index (χ4v) is 2.95. The standard InChI is InChI=1S/C15H32N2/c1-4-12-17(6-3)13-11-16-15-9-7-14(5-2)8-10-15/h14-16H,4-13H2,1-3H3. The Morgan fingerprint density at radius 2 is 1.71 bits per heavy atom. The first-order valence-corrected chi connectivity index (χ1v) is 7.75. The third-order valence-electron chi connectivity index (χ3n) is 4.27. The van der Waals surface area contributed by atoms with Crippen molar-refractivity contribution >= 4 is 0 Å². The van der Waals surface area contributed by atoms with E-state index < -0.39 is 0 Å². The van der Waals surface area contributed by atoms with Crippen molar-refractivity contribution in [1.82, 2.24) is 10.2 Å². The summed E-state index contributed by atoms with van der Waals surface area (Å²) in [6.45, 7) is 11.7. The van der Waals surface area contributed by atoms with Crippen molar-refractivity contribution in [1.29, 1.82) is 0 Å². The molecule has 2 heteroatoms. The largest absolute Gasteiger partial charge is 0.313 e. The minimum atomic E-state index is 0.804. The van der Waals surface area contributed by atoms with Crippen LogP contribution in [-0.4, -0.2) is 37.1 Å². The van der Waals surface area contributed by atoms with Crippen LogP contribution in [0.2, 0.25) is 0 Å². The molecule has 2 nitrogen and oxygen atoms in total. The van der Waals surface area contributed by atoms with Gasteiger partial charge in [-0.25, -0.2) is 0 Å². The lowest BCUT2D eigenvalue weighted by molar-refractivity contribution is 0.255. The van der Waals surface area contributed by atoms with Crippen molar-refractivity contribution in [2.75, 3.05) is 26.2 Å². The van der Waals surface area contributed by atoms with Gasteiger partial charge in [0.15, 0.2) is 0 Å². The van der Waals surface area contributed by atoms with Crippen LogP contribution in [0.1, 0.15) is 59.3 Å². The highest BCUT2D eigenvalue weighted by Gasteiger charge is 2.19. The summed E-state index contributed by atoms with van der Waals surface area (Å²) >= 11 is 0. The molecule has 1 fully saturated rings. The molecule has 0 saturated heterocycles. The Balaban J connectivity index is 2.06. The first-order chi connectivity index (χ1) is 8.30. The van der Waals surface area contributed by atoms with E-state index in [-0.39, 0.29) is 0 Å². The summed E-state index contributed by atoms with van der Waals surface area (Å²) in [6.07, 6.45) is 8.35. The summed E-state index contributed by atoms with van der Waals surface area (Å²) < 4.78 is 0. The monoisotopic (exact) mass is 240 g/mol. The fourth-order valence-electron chi connectivity index (χ4n) is 2.95. The van der Waals surface area contributed by atoms with Gasteiger partial charge < -0.3 is 10.2 Å². The Bertz CT molecular complexity index is 174. The fraction of sp³-hybridized carbons (Fsp3) is 1.00. The van der Waals surface area contributed by atoms with E-state index in [1.54, 1.807) is 0 Å². The van der Waals surface area contributed by atoms with Gasteiger partial charge in [-0.05, 0) is 51.1 Å². The Labute approximate surface area is 108 Å². The zero-order chi connectivity index (χ0) is 12.5. The molecule has 0 aromatic carbocycles. The molecular weight excluding hydrogens is 208 g/mol. The first-order valence-electron chi connectivity index (χ1n) is 7.75. The number of nitrogens with one attached hydrogen (secondary N) is 1. The molecular formula is C15H32N2. The van der Waals surface area contributed by atoms with Crippen molar-refractivity contribution < 1.29 is 0 Å². The lowest BCUT2D eigenvalue weighted by Gasteiger charge is -2.29. The van der Waals surface area contributed by atoms with Crippen LogP contribution in [-0.2, 0) is 0 Å². The van der Waals surface area contributed by atoms with Crippen LogP contribution >= 0.6 is 0 Å². The van der Waals surface area contributed by atoms with E-state index >= 15 is 0 Å². The predicted molar refractivity (Wildman–Crippen MR) is 76.4 cm³/mol. The quantitative estimate of drug-likeness (QED) is 0.700. The highest BCUT2D eigenvalue weighted by Crippen LogP contribution is 2.26. The Morgan fingerprint density at radius 3 is 2.24 bits per heavy atom. The van der Waals surface area contributed by atoms with Crippen LogP contribution in [0, 0.1) is 5.92 Å². The molecule has 1 rings (SSSR count). The van der Waals surface area contributed by atoms with Gasteiger partial charge in [-0.3, -0.25) is 0 Å². The number of hydrogen-bond acceptors (Lipinski definition) is 2. The van der Waals surface area contributed by atoms with Crippen LogP contribution in [0.5, 0.6) is 0 Å². The van der Waals surface area contributed by atoms with Gasteiger partial charge in [-0.15, -0.1) is 0 Å². The van der Waals surface area contributed by atoms with Gasteiger partial charge in [0.1, 0.15) is 0 Å². The van der Waals surface area contributed by atoms with Gasteiger partial charge in [-0.2, -0.15) is 0 Å². The highest BCUT2D eigenvalue weighted by molar-refractivity contribution is 4.76. The normalized spacial score (nSPS) is 25.4. The first kappa shape index (κ1) is 15.0. The lowest BCUT2D eigenvalue weighted by atomic mass is 9.84. The summed E-state index contributed by atoms with van der Waals surface area (Å²) in [5.74, 6) is 1.01. The second kappa shape index (κ2) is 8.93. The molecule has 1 saturated carbocycles. The Hall–Kier alpha value is -0.0800. The number of nitrogens with zero attached hydrogens (tertiary/aromatic N) is 1. The summed E-state index contributed by atoms with van der Waals surface area (Å²) in [7, 11) is 0. The maximum atomic E-state index is 3.75. The summed E-state index contributed by atoms with van der Waals surface area (Å²) in [5, 5.41) is 3.75. The van der Waals surface area contributed by atoms with E-state index in [2.05, 4.69) is 31.0 Å². The molecule has 0 aromatic rings. The average molecular weight is 240 g/mol. The highest BCUT2D eigenvalue weighted by atomic mass is 15.1.